The van der Waals surface area contributed by atoms with Gasteiger partial charge in [-0.05, 0) is 29.7 Å². The van der Waals surface area contributed by atoms with Crippen molar-refractivity contribution in [2.45, 2.75) is 6.42 Å². The lowest BCUT2D eigenvalue weighted by molar-refractivity contribution is 0.0699. The van der Waals surface area contributed by atoms with Gasteiger partial charge in [-0.25, -0.2) is 4.79 Å². The molecule has 0 spiro atoms. The smallest absolute Gasteiger partial charge is 0.336 e. The van der Waals surface area contributed by atoms with Crippen LogP contribution < -0.4 is 0 Å². The number of hydrogen-bond acceptors (Lipinski definition) is 1. The van der Waals surface area contributed by atoms with Crippen LogP contribution in [-0.4, -0.2) is 16.1 Å². The Morgan fingerprint density at radius 1 is 1.05 bits per heavy atom. The lowest BCUT2D eigenvalue weighted by Crippen LogP contribution is -1.98. The lowest BCUT2D eigenvalue weighted by Gasteiger charge is -2.03. The summed E-state index contributed by atoms with van der Waals surface area (Å²) >= 11 is 0. The molecular formula is C16H13NO2. The van der Waals surface area contributed by atoms with Gasteiger partial charge in [-0.1, -0.05) is 36.4 Å². The van der Waals surface area contributed by atoms with Gasteiger partial charge < -0.3 is 10.1 Å². The van der Waals surface area contributed by atoms with E-state index >= 15 is 0 Å². The number of aromatic amines is 1. The van der Waals surface area contributed by atoms with Crippen LogP contribution in [0.3, 0.4) is 0 Å². The van der Waals surface area contributed by atoms with E-state index in [4.69, 9.17) is 0 Å². The lowest BCUT2D eigenvalue weighted by atomic mass is 10.0. The fourth-order valence-electron chi connectivity index (χ4n) is 2.39. The molecule has 2 aromatic carbocycles. The van der Waals surface area contributed by atoms with Gasteiger partial charge in [-0.15, -0.1) is 0 Å². The molecule has 1 aromatic heterocycles. The number of carboxylic acids is 1. The molecule has 0 radical (unpaired) electrons. The minimum absolute atomic E-state index is 0.352. The average molecular weight is 251 g/mol. The van der Waals surface area contributed by atoms with Crippen LogP contribution in [0.4, 0.5) is 0 Å². The van der Waals surface area contributed by atoms with Gasteiger partial charge in [0, 0.05) is 17.1 Å². The normalized spacial score (nSPS) is 10.7. The van der Waals surface area contributed by atoms with Gasteiger partial charge in [-0.3, -0.25) is 0 Å². The van der Waals surface area contributed by atoms with Crippen molar-refractivity contribution < 1.29 is 9.90 Å². The zero-order valence-electron chi connectivity index (χ0n) is 10.3. The van der Waals surface area contributed by atoms with Gasteiger partial charge in [0.2, 0.25) is 0 Å². The summed E-state index contributed by atoms with van der Waals surface area (Å²) in [6.45, 7) is 0. The van der Waals surface area contributed by atoms with Gasteiger partial charge in [0.25, 0.3) is 0 Å². The molecule has 3 aromatic rings. The van der Waals surface area contributed by atoms with Crippen LogP contribution in [-0.2, 0) is 6.42 Å². The first-order valence-electron chi connectivity index (χ1n) is 6.12. The highest BCUT2D eigenvalue weighted by molar-refractivity contribution is 6.04. The maximum Gasteiger partial charge on any atom is 0.336 e. The number of fused-ring (bicyclic) bond motifs is 1. The molecular weight excluding hydrogens is 238 g/mol. The van der Waals surface area contributed by atoms with E-state index in [1.807, 2.05) is 42.6 Å². The Morgan fingerprint density at radius 2 is 1.84 bits per heavy atom. The van der Waals surface area contributed by atoms with E-state index in [9.17, 15) is 9.90 Å². The summed E-state index contributed by atoms with van der Waals surface area (Å²) < 4.78 is 0. The first-order chi connectivity index (χ1) is 9.25. The number of carboxylic acid groups (broad SMARTS) is 1. The van der Waals surface area contributed by atoms with Crippen LogP contribution >= 0.6 is 0 Å². The second-order valence-electron chi connectivity index (χ2n) is 4.51. The summed E-state index contributed by atoms with van der Waals surface area (Å²) in [6, 6.07) is 15.3. The Kier molecular flexibility index (Phi) is 2.80. The molecule has 94 valence electrons. The van der Waals surface area contributed by atoms with Gasteiger partial charge in [0.05, 0.1) is 5.56 Å². The summed E-state index contributed by atoms with van der Waals surface area (Å²) in [5, 5.41) is 10.1. The number of H-pyrrole nitrogens is 1. The van der Waals surface area contributed by atoms with Gasteiger partial charge in [0.15, 0.2) is 0 Å². The average Bonchev–Trinajstić information content (AvgIpc) is 2.83. The molecule has 0 saturated carbocycles. The molecule has 0 saturated heterocycles. The molecule has 0 unspecified atom stereocenters. The Morgan fingerprint density at radius 3 is 2.58 bits per heavy atom. The molecule has 3 heteroatoms. The van der Waals surface area contributed by atoms with E-state index in [1.165, 1.54) is 5.56 Å². The summed E-state index contributed by atoms with van der Waals surface area (Å²) in [7, 11) is 0. The Hall–Kier alpha value is -2.55. The molecule has 0 aliphatic rings. The summed E-state index contributed by atoms with van der Waals surface area (Å²) in [4.78, 5) is 14.4. The van der Waals surface area contributed by atoms with E-state index in [0.717, 1.165) is 22.9 Å². The van der Waals surface area contributed by atoms with Crippen molar-refractivity contribution >= 4 is 16.9 Å². The number of carbonyl (C=O) groups is 1. The second kappa shape index (κ2) is 4.61. The topological polar surface area (TPSA) is 53.1 Å². The molecule has 0 aliphatic carbocycles. The van der Waals surface area contributed by atoms with Crippen LogP contribution in [0.25, 0.3) is 10.9 Å². The third-order valence-electron chi connectivity index (χ3n) is 3.26. The Bertz CT molecular complexity index is 729. The van der Waals surface area contributed by atoms with Crippen LogP contribution in [0.15, 0.2) is 54.7 Å². The molecule has 0 aliphatic heterocycles. The fourth-order valence-corrected chi connectivity index (χ4v) is 2.39. The number of hydrogen-bond donors (Lipinski definition) is 2. The van der Waals surface area contributed by atoms with Gasteiger partial charge >= 0.3 is 5.97 Å². The quantitative estimate of drug-likeness (QED) is 0.749. The van der Waals surface area contributed by atoms with Crippen molar-refractivity contribution in [1.29, 1.82) is 0 Å². The zero-order chi connectivity index (χ0) is 13.2. The third kappa shape index (κ3) is 2.10. The molecule has 3 nitrogen and oxygen atoms in total. The van der Waals surface area contributed by atoms with Crippen molar-refractivity contribution in [3.63, 3.8) is 0 Å². The number of nitrogens with one attached hydrogen (secondary N) is 1. The van der Waals surface area contributed by atoms with Crippen molar-refractivity contribution in [1.82, 2.24) is 4.98 Å². The predicted octanol–water partition coefficient (Wildman–Crippen LogP) is 3.46. The van der Waals surface area contributed by atoms with E-state index in [-0.39, 0.29) is 0 Å². The zero-order valence-corrected chi connectivity index (χ0v) is 10.3. The number of aromatic carboxylic acids is 1. The van der Waals surface area contributed by atoms with Crippen molar-refractivity contribution in [2.75, 3.05) is 0 Å². The molecule has 0 bridgehead atoms. The van der Waals surface area contributed by atoms with E-state index in [2.05, 4.69) is 4.98 Å². The molecule has 2 N–H and O–H groups in total. The summed E-state index contributed by atoms with van der Waals surface area (Å²) in [5.74, 6) is -0.889. The van der Waals surface area contributed by atoms with Crippen LogP contribution in [0.5, 0.6) is 0 Å². The van der Waals surface area contributed by atoms with Crippen molar-refractivity contribution in [3.8, 4) is 0 Å². The highest BCUT2D eigenvalue weighted by Crippen LogP contribution is 2.24. The Labute approximate surface area is 110 Å². The van der Waals surface area contributed by atoms with Crippen LogP contribution in [0.1, 0.15) is 21.5 Å². The van der Waals surface area contributed by atoms with E-state index < -0.39 is 5.97 Å². The highest BCUT2D eigenvalue weighted by atomic mass is 16.4. The molecule has 3 rings (SSSR count). The molecule has 1 heterocycles. The summed E-state index contributed by atoms with van der Waals surface area (Å²) in [5.41, 5.74) is 3.40. The monoisotopic (exact) mass is 251 g/mol. The van der Waals surface area contributed by atoms with Crippen molar-refractivity contribution in [2.24, 2.45) is 0 Å². The highest BCUT2D eigenvalue weighted by Gasteiger charge is 2.13. The molecule has 19 heavy (non-hydrogen) atoms. The fraction of sp³-hybridized carbons (Fsp3) is 0.0625. The second-order valence-corrected chi connectivity index (χ2v) is 4.51. The minimum Gasteiger partial charge on any atom is -0.478 e. The van der Waals surface area contributed by atoms with E-state index in [1.54, 1.807) is 12.1 Å². The van der Waals surface area contributed by atoms with Gasteiger partial charge in [0.1, 0.15) is 0 Å². The standard InChI is InChI=1S/C16H13NO2/c18-16(19)13-7-4-8-14-15(13)12(10-17-14)9-11-5-2-1-3-6-11/h1-8,10,17H,9H2,(H,18,19). The summed E-state index contributed by atoms with van der Waals surface area (Å²) in [6.07, 6.45) is 2.62. The van der Waals surface area contributed by atoms with E-state index in [0.29, 0.717) is 5.56 Å². The SMILES string of the molecule is O=C(O)c1cccc2[nH]cc(Cc3ccccc3)c12. The van der Waals surface area contributed by atoms with Crippen LogP contribution in [0, 0.1) is 0 Å². The maximum atomic E-state index is 11.3. The number of aromatic nitrogens is 1. The van der Waals surface area contributed by atoms with Crippen molar-refractivity contribution in [3.05, 3.63) is 71.4 Å². The maximum absolute atomic E-state index is 11.3. The largest absolute Gasteiger partial charge is 0.478 e. The first-order valence-corrected chi connectivity index (χ1v) is 6.12. The predicted molar refractivity (Wildman–Crippen MR) is 74.5 cm³/mol. The third-order valence-corrected chi connectivity index (χ3v) is 3.26. The molecule has 0 atom stereocenters. The molecule has 0 amide bonds. The van der Waals surface area contributed by atoms with Gasteiger partial charge in [-0.2, -0.15) is 0 Å². The minimum atomic E-state index is -0.889. The molecule has 0 fully saturated rings. The Balaban J connectivity index is 2.12. The number of rotatable bonds is 3. The van der Waals surface area contributed by atoms with Crippen LogP contribution in [0.2, 0.25) is 0 Å². The number of benzene rings is 2. The first kappa shape index (κ1) is 11.5.